The van der Waals surface area contributed by atoms with Gasteiger partial charge >= 0.3 is 0 Å². The molecule has 3 N–H and O–H groups in total. The molecule has 62 valence electrons. The van der Waals surface area contributed by atoms with E-state index in [-0.39, 0.29) is 11.5 Å². The molecule has 0 fully saturated rings. The van der Waals surface area contributed by atoms with E-state index < -0.39 is 0 Å². The third-order valence-corrected chi connectivity index (χ3v) is 1.65. The van der Waals surface area contributed by atoms with E-state index in [9.17, 15) is 4.79 Å². The molecule has 0 spiro atoms. The van der Waals surface area contributed by atoms with E-state index in [1.807, 2.05) is 0 Å². The van der Waals surface area contributed by atoms with E-state index in [0.29, 0.717) is 11.1 Å². The Bertz CT molecular complexity index is 321. The van der Waals surface area contributed by atoms with E-state index in [2.05, 4.69) is 0 Å². The highest BCUT2D eigenvalue weighted by Crippen LogP contribution is 2.16. The van der Waals surface area contributed by atoms with Crippen LogP contribution in [0.3, 0.4) is 0 Å². The van der Waals surface area contributed by atoms with Crippen LogP contribution in [0.25, 0.3) is 0 Å². The molecule has 1 rings (SSSR count). The Labute approximate surface area is 70.8 Å². The summed E-state index contributed by atoms with van der Waals surface area (Å²) in [6.07, 6.45) is 6.23. The van der Waals surface area contributed by atoms with Crippen LogP contribution in [0.4, 0.5) is 0 Å². The number of Topliss-reactive ketones (excluding diaryl/α,β-unsaturated/α-hetero) is 1. The van der Waals surface area contributed by atoms with Crippen LogP contribution in [-0.2, 0) is 4.79 Å². The lowest BCUT2D eigenvalue weighted by Crippen LogP contribution is -2.11. The second kappa shape index (κ2) is 3.17. The Balaban J connectivity index is 3.14. The molecule has 0 saturated heterocycles. The SMILES string of the molecule is CC(=O)C1=CC=CC(=N)/C1=C\N. The zero-order chi connectivity index (χ0) is 9.14. The third-order valence-electron chi connectivity index (χ3n) is 1.65. The number of carbonyl (C=O) groups excluding carboxylic acids is 1. The minimum absolute atomic E-state index is 0.0687. The van der Waals surface area contributed by atoms with Gasteiger partial charge in [-0.05, 0) is 13.0 Å². The molecule has 3 heteroatoms. The predicted octanol–water partition coefficient (Wildman–Crippen LogP) is 0.934. The van der Waals surface area contributed by atoms with Gasteiger partial charge in [-0.15, -0.1) is 0 Å². The molecule has 0 atom stereocenters. The van der Waals surface area contributed by atoms with Crippen molar-refractivity contribution in [2.24, 2.45) is 5.73 Å². The molecule has 0 saturated carbocycles. The maximum atomic E-state index is 11.0. The normalized spacial score (nSPS) is 19.6. The van der Waals surface area contributed by atoms with E-state index in [1.165, 1.54) is 13.1 Å². The van der Waals surface area contributed by atoms with E-state index in [4.69, 9.17) is 11.1 Å². The Morgan fingerprint density at radius 3 is 2.75 bits per heavy atom. The second-order valence-electron chi connectivity index (χ2n) is 2.49. The lowest BCUT2D eigenvalue weighted by atomic mass is 9.95. The summed E-state index contributed by atoms with van der Waals surface area (Å²) in [5, 5.41) is 7.44. The lowest BCUT2D eigenvalue weighted by Gasteiger charge is -2.10. The first-order valence-corrected chi connectivity index (χ1v) is 3.57. The van der Waals surface area contributed by atoms with Crippen molar-refractivity contribution >= 4 is 11.5 Å². The van der Waals surface area contributed by atoms with Crippen molar-refractivity contribution in [2.75, 3.05) is 0 Å². The van der Waals surface area contributed by atoms with Gasteiger partial charge in [-0.1, -0.05) is 12.2 Å². The molecule has 12 heavy (non-hydrogen) atoms. The molecule has 1 aliphatic rings. The molecule has 1 aliphatic carbocycles. The number of carbonyl (C=O) groups is 1. The van der Waals surface area contributed by atoms with Crippen molar-refractivity contribution in [3.8, 4) is 0 Å². The van der Waals surface area contributed by atoms with Crippen LogP contribution < -0.4 is 5.73 Å². The fourth-order valence-electron chi connectivity index (χ4n) is 1.05. The standard InChI is InChI=1S/C9H10N2O/c1-6(12)7-3-2-4-9(11)8(7)5-10/h2-5,11H,10H2,1H3/b8-5-,11-9?. The lowest BCUT2D eigenvalue weighted by molar-refractivity contribution is -0.113. The maximum Gasteiger partial charge on any atom is 0.160 e. The molecule has 0 aromatic rings. The highest BCUT2D eigenvalue weighted by Gasteiger charge is 2.14. The average Bonchev–Trinajstić information content (AvgIpc) is 2.03. The van der Waals surface area contributed by atoms with Crippen molar-refractivity contribution in [3.05, 3.63) is 35.6 Å². The summed E-state index contributed by atoms with van der Waals surface area (Å²) < 4.78 is 0. The van der Waals surface area contributed by atoms with Crippen molar-refractivity contribution in [1.29, 1.82) is 5.41 Å². The van der Waals surface area contributed by atoms with Gasteiger partial charge in [0.2, 0.25) is 0 Å². The average molecular weight is 162 g/mol. The van der Waals surface area contributed by atoms with Gasteiger partial charge in [0.1, 0.15) is 0 Å². The van der Waals surface area contributed by atoms with Gasteiger partial charge in [-0.2, -0.15) is 0 Å². The van der Waals surface area contributed by atoms with Gasteiger partial charge in [-0.3, -0.25) is 4.79 Å². The van der Waals surface area contributed by atoms with Crippen molar-refractivity contribution in [3.63, 3.8) is 0 Å². The zero-order valence-corrected chi connectivity index (χ0v) is 6.79. The van der Waals surface area contributed by atoms with Crippen LogP contribution in [0.2, 0.25) is 0 Å². The van der Waals surface area contributed by atoms with Gasteiger partial charge < -0.3 is 11.1 Å². The van der Waals surface area contributed by atoms with Gasteiger partial charge in [0, 0.05) is 17.3 Å². The van der Waals surface area contributed by atoms with Crippen LogP contribution in [0.5, 0.6) is 0 Å². The summed E-state index contributed by atoms with van der Waals surface area (Å²) in [6.45, 7) is 1.46. The predicted molar refractivity (Wildman–Crippen MR) is 47.9 cm³/mol. The molecule has 3 nitrogen and oxygen atoms in total. The summed E-state index contributed by atoms with van der Waals surface area (Å²) in [5.74, 6) is -0.0687. The molecule has 0 heterocycles. The van der Waals surface area contributed by atoms with Crippen LogP contribution in [0, 0.1) is 5.41 Å². The van der Waals surface area contributed by atoms with E-state index in [0.717, 1.165) is 0 Å². The van der Waals surface area contributed by atoms with Crippen LogP contribution >= 0.6 is 0 Å². The number of hydrogen-bond acceptors (Lipinski definition) is 3. The van der Waals surface area contributed by atoms with Gasteiger partial charge in [0.25, 0.3) is 0 Å². The number of nitrogens with two attached hydrogens (primary N) is 1. The first kappa shape index (κ1) is 8.46. The smallest absolute Gasteiger partial charge is 0.160 e. The minimum Gasteiger partial charge on any atom is -0.404 e. The number of nitrogens with one attached hydrogen (secondary N) is 1. The third kappa shape index (κ3) is 1.34. The molecule has 0 amide bonds. The molecule has 0 unspecified atom stereocenters. The van der Waals surface area contributed by atoms with Crippen molar-refractivity contribution < 1.29 is 4.79 Å². The van der Waals surface area contributed by atoms with Gasteiger partial charge in [-0.25, -0.2) is 0 Å². The Morgan fingerprint density at radius 2 is 2.33 bits per heavy atom. The number of ketones is 1. The van der Waals surface area contributed by atoms with Gasteiger partial charge in [0.15, 0.2) is 5.78 Å². The van der Waals surface area contributed by atoms with Gasteiger partial charge in [0.05, 0.1) is 5.71 Å². The Morgan fingerprint density at radius 1 is 1.67 bits per heavy atom. The van der Waals surface area contributed by atoms with E-state index in [1.54, 1.807) is 18.2 Å². The molecular formula is C9H10N2O. The summed E-state index contributed by atoms with van der Waals surface area (Å²) in [4.78, 5) is 11.0. The van der Waals surface area contributed by atoms with E-state index >= 15 is 0 Å². The summed E-state index contributed by atoms with van der Waals surface area (Å²) in [5.41, 5.74) is 6.58. The summed E-state index contributed by atoms with van der Waals surface area (Å²) in [7, 11) is 0. The molecule has 0 radical (unpaired) electrons. The second-order valence-corrected chi connectivity index (χ2v) is 2.49. The maximum absolute atomic E-state index is 11.0. The molecule has 0 aromatic heterocycles. The largest absolute Gasteiger partial charge is 0.404 e. The number of rotatable bonds is 1. The number of hydrogen-bond donors (Lipinski definition) is 2. The summed E-state index contributed by atoms with van der Waals surface area (Å²) >= 11 is 0. The molecular weight excluding hydrogens is 152 g/mol. The topological polar surface area (TPSA) is 66.9 Å². The monoisotopic (exact) mass is 162 g/mol. The van der Waals surface area contributed by atoms with Crippen LogP contribution in [0.15, 0.2) is 35.6 Å². The van der Waals surface area contributed by atoms with Crippen LogP contribution in [-0.4, -0.2) is 11.5 Å². The summed E-state index contributed by atoms with van der Waals surface area (Å²) in [6, 6.07) is 0. The first-order valence-electron chi connectivity index (χ1n) is 3.57. The zero-order valence-electron chi connectivity index (χ0n) is 6.79. The van der Waals surface area contributed by atoms with Crippen molar-refractivity contribution in [1.82, 2.24) is 0 Å². The molecule has 0 bridgehead atoms. The number of allylic oxidation sites excluding steroid dienone is 5. The minimum atomic E-state index is -0.0687. The fraction of sp³-hybridized carbons (Fsp3) is 0.111. The van der Waals surface area contributed by atoms with Crippen molar-refractivity contribution in [2.45, 2.75) is 6.92 Å². The van der Waals surface area contributed by atoms with Crippen LogP contribution in [0.1, 0.15) is 6.92 Å². The Hall–Kier alpha value is -1.64. The highest BCUT2D eigenvalue weighted by molar-refractivity contribution is 6.18. The first-order chi connectivity index (χ1) is 5.66. The highest BCUT2D eigenvalue weighted by atomic mass is 16.1. The quantitative estimate of drug-likeness (QED) is 0.602. The molecule has 0 aromatic carbocycles. The fourth-order valence-corrected chi connectivity index (χ4v) is 1.05. The molecule has 0 aliphatic heterocycles. The Kier molecular flexibility index (Phi) is 2.24.